The molecule has 0 aliphatic carbocycles. The maximum Gasteiger partial charge on any atom is 0.419 e. The highest BCUT2D eigenvalue weighted by Crippen LogP contribution is 2.42. The summed E-state index contributed by atoms with van der Waals surface area (Å²) >= 11 is 0. The van der Waals surface area contributed by atoms with Gasteiger partial charge in [-0.05, 0) is 48.5 Å². The van der Waals surface area contributed by atoms with Crippen LogP contribution in [-0.4, -0.2) is 22.2 Å². The van der Waals surface area contributed by atoms with Crippen LogP contribution >= 0.6 is 0 Å². The third kappa shape index (κ3) is 6.66. The lowest BCUT2D eigenvalue weighted by atomic mass is 10.1. The van der Waals surface area contributed by atoms with Crippen molar-refractivity contribution in [2.24, 2.45) is 0 Å². The van der Waals surface area contributed by atoms with Crippen molar-refractivity contribution in [2.45, 2.75) is 18.5 Å². The monoisotopic (exact) mass is 554 g/mol. The van der Waals surface area contributed by atoms with Gasteiger partial charge in [-0.1, -0.05) is 0 Å². The van der Waals surface area contributed by atoms with Gasteiger partial charge in [-0.2, -0.15) is 39.5 Å². The van der Waals surface area contributed by atoms with Crippen molar-refractivity contribution in [2.75, 3.05) is 0 Å². The second kappa shape index (κ2) is 9.79. The minimum Gasteiger partial charge on any atom is -0.478 e. The lowest BCUT2D eigenvalue weighted by molar-refractivity contribution is -0.139. The highest BCUT2D eigenvalue weighted by molar-refractivity contribution is 5.89. The van der Waals surface area contributed by atoms with Gasteiger partial charge < -0.3 is 19.7 Å². The van der Waals surface area contributed by atoms with E-state index in [0.717, 1.165) is 0 Å². The van der Waals surface area contributed by atoms with Crippen molar-refractivity contribution in [3.63, 3.8) is 0 Å². The fourth-order valence-electron chi connectivity index (χ4n) is 3.04. The van der Waals surface area contributed by atoms with E-state index in [1.54, 1.807) is 0 Å². The second-order valence-electron chi connectivity index (χ2n) is 7.46. The Kier molecular flexibility index (Phi) is 7.25. The number of carboxylic acids is 2. The van der Waals surface area contributed by atoms with E-state index in [0.29, 0.717) is 42.5 Å². The molecule has 6 nitrogen and oxygen atoms in total. The summed E-state index contributed by atoms with van der Waals surface area (Å²) in [5.74, 6) is -7.10. The molecule has 15 heteroatoms. The predicted molar refractivity (Wildman–Crippen MR) is 108 cm³/mol. The molecule has 0 fully saturated rings. The molecule has 0 radical (unpaired) electrons. The van der Waals surface area contributed by atoms with Crippen molar-refractivity contribution in [1.29, 1.82) is 0 Å². The minimum atomic E-state index is -5.14. The Hall–Kier alpha value is -4.43. The van der Waals surface area contributed by atoms with E-state index >= 15 is 0 Å². The molecule has 0 saturated heterocycles. The van der Waals surface area contributed by atoms with Crippen LogP contribution in [0.3, 0.4) is 0 Å². The van der Waals surface area contributed by atoms with Gasteiger partial charge in [-0.25, -0.2) is 9.59 Å². The van der Waals surface area contributed by atoms with Crippen molar-refractivity contribution in [3.05, 3.63) is 82.4 Å². The van der Waals surface area contributed by atoms with E-state index in [1.807, 2.05) is 0 Å². The summed E-state index contributed by atoms with van der Waals surface area (Å²) in [6.45, 7) is 0. The first-order valence-electron chi connectivity index (χ1n) is 9.82. The molecule has 0 amide bonds. The molecule has 0 bridgehead atoms. The molecule has 0 aliphatic heterocycles. The van der Waals surface area contributed by atoms with Gasteiger partial charge in [0.25, 0.3) is 0 Å². The molecule has 0 spiro atoms. The summed E-state index contributed by atoms with van der Waals surface area (Å²) < 4.78 is 130. The fourth-order valence-corrected chi connectivity index (χ4v) is 3.04. The molecule has 38 heavy (non-hydrogen) atoms. The molecule has 3 aromatic carbocycles. The summed E-state index contributed by atoms with van der Waals surface area (Å²) in [4.78, 5) is 22.4. The molecular formula is C23H11F9O6. The van der Waals surface area contributed by atoms with E-state index in [9.17, 15) is 49.1 Å². The fraction of sp³-hybridized carbons (Fsp3) is 0.130. The van der Waals surface area contributed by atoms with Gasteiger partial charge in [-0.3, -0.25) is 0 Å². The van der Waals surface area contributed by atoms with Crippen molar-refractivity contribution < 1.29 is 68.8 Å². The van der Waals surface area contributed by atoms with Crippen LogP contribution in [0.25, 0.3) is 0 Å². The molecular weight excluding hydrogens is 543 g/mol. The Balaban J connectivity index is 2.10. The number of hydrogen-bond acceptors (Lipinski definition) is 4. The van der Waals surface area contributed by atoms with E-state index < -0.39 is 81.3 Å². The van der Waals surface area contributed by atoms with Crippen LogP contribution in [0.1, 0.15) is 37.4 Å². The average molecular weight is 554 g/mol. The number of hydrogen-bond donors (Lipinski definition) is 2. The van der Waals surface area contributed by atoms with Crippen LogP contribution in [0.5, 0.6) is 23.0 Å². The first-order valence-corrected chi connectivity index (χ1v) is 9.82. The summed E-state index contributed by atoms with van der Waals surface area (Å²) in [5, 5.41) is 18.1. The number of carbonyl (C=O) groups is 2. The molecule has 0 heterocycles. The number of benzene rings is 3. The highest BCUT2D eigenvalue weighted by Gasteiger charge is 2.36. The Morgan fingerprint density at radius 2 is 1.00 bits per heavy atom. The van der Waals surface area contributed by atoms with E-state index in [1.165, 1.54) is 0 Å². The van der Waals surface area contributed by atoms with Gasteiger partial charge in [0.2, 0.25) is 0 Å². The van der Waals surface area contributed by atoms with Gasteiger partial charge in [0, 0.05) is 6.07 Å². The van der Waals surface area contributed by atoms with Crippen LogP contribution in [0.15, 0.2) is 54.6 Å². The molecule has 2 N–H and O–H groups in total. The molecule has 202 valence electrons. The summed E-state index contributed by atoms with van der Waals surface area (Å²) in [6, 6.07) is 3.79. The smallest absolute Gasteiger partial charge is 0.419 e. The number of ether oxygens (including phenoxy) is 2. The maximum absolute atomic E-state index is 13.5. The lowest BCUT2D eigenvalue weighted by Crippen LogP contribution is -2.10. The molecule has 0 aromatic heterocycles. The van der Waals surface area contributed by atoms with Crippen molar-refractivity contribution >= 4 is 11.9 Å². The Labute approximate surface area is 205 Å². The van der Waals surface area contributed by atoms with Crippen LogP contribution in [-0.2, 0) is 18.5 Å². The number of carboxylic acid groups (broad SMARTS) is 2. The van der Waals surface area contributed by atoms with Crippen LogP contribution in [0.2, 0.25) is 0 Å². The van der Waals surface area contributed by atoms with Crippen LogP contribution < -0.4 is 9.47 Å². The normalized spacial score (nSPS) is 12.2. The van der Waals surface area contributed by atoms with E-state index in [-0.39, 0.29) is 12.1 Å². The Morgan fingerprint density at radius 3 is 1.39 bits per heavy atom. The minimum absolute atomic E-state index is 0.229. The van der Waals surface area contributed by atoms with Gasteiger partial charge in [-0.15, -0.1) is 0 Å². The number of alkyl halides is 9. The number of aromatic carboxylic acids is 2. The molecule has 0 unspecified atom stereocenters. The quantitative estimate of drug-likeness (QED) is 0.303. The van der Waals surface area contributed by atoms with Gasteiger partial charge in [0.15, 0.2) is 0 Å². The van der Waals surface area contributed by atoms with Gasteiger partial charge >= 0.3 is 30.5 Å². The highest BCUT2D eigenvalue weighted by atomic mass is 19.4. The lowest BCUT2D eigenvalue weighted by Gasteiger charge is -2.17. The second-order valence-corrected chi connectivity index (χ2v) is 7.46. The summed E-state index contributed by atoms with van der Waals surface area (Å²) in [7, 11) is 0. The van der Waals surface area contributed by atoms with Crippen LogP contribution in [0, 0.1) is 0 Å². The van der Waals surface area contributed by atoms with E-state index in [2.05, 4.69) is 0 Å². The molecule has 0 saturated carbocycles. The summed E-state index contributed by atoms with van der Waals surface area (Å²) in [6.07, 6.45) is -15.2. The molecule has 3 rings (SSSR count). The molecule has 0 aliphatic rings. The topological polar surface area (TPSA) is 93.1 Å². The van der Waals surface area contributed by atoms with E-state index in [4.69, 9.17) is 19.7 Å². The summed E-state index contributed by atoms with van der Waals surface area (Å²) in [5.41, 5.74) is -6.35. The number of halogens is 9. The van der Waals surface area contributed by atoms with Gasteiger partial charge in [0.1, 0.15) is 23.0 Å². The van der Waals surface area contributed by atoms with Crippen molar-refractivity contribution in [3.8, 4) is 23.0 Å². The standard InChI is InChI=1S/C23H11F9O6/c24-21(25,26)12-3-10(19(33)34)5-15(7-12)37-14-1-2-17(23(30,31)32)18(9-14)38-16-6-11(20(35)36)4-13(8-16)22(27,28)29/h1-9H,(H,33,34)(H,35,36). The molecule has 0 atom stereocenters. The number of rotatable bonds is 6. The first kappa shape index (κ1) is 28.1. The zero-order chi connectivity index (χ0) is 28.6. The zero-order valence-electron chi connectivity index (χ0n) is 18.1. The SMILES string of the molecule is O=C(O)c1cc(Oc2ccc(C(F)(F)F)c(Oc3cc(C(=O)O)cc(C(F)(F)F)c3)c2)cc(C(F)(F)F)c1. The Bertz CT molecular complexity index is 1390. The Morgan fingerprint density at radius 1 is 0.553 bits per heavy atom. The van der Waals surface area contributed by atoms with Crippen LogP contribution in [0.4, 0.5) is 39.5 Å². The first-order chi connectivity index (χ1) is 17.3. The average Bonchev–Trinajstić information content (AvgIpc) is 2.76. The molecule has 3 aromatic rings. The maximum atomic E-state index is 13.5. The zero-order valence-corrected chi connectivity index (χ0v) is 18.1. The predicted octanol–water partition coefficient (Wildman–Crippen LogP) is 7.72. The largest absolute Gasteiger partial charge is 0.478 e. The third-order valence-corrected chi connectivity index (χ3v) is 4.68. The van der Waals surface area contributed by atoms with Gasteiger partial charge in [0.05, 0.1) is 27.8 Å². The third-order valence-electron chi connectivity index (χ3n) is 4.68. The van der Waals surface area contributed by atoms with Crippen molar-refractivity contribution in [1.82, 2.24) is 0 Å².